The van der Waals surface area contributed by atoms with Gasteiger partial charge in [0, 0.05) is 0 Å². The summed E-state index contributed by atoms with van der Waals surface area (Å²) in [6, 6.07) is 47.8. The molecule has 6 nitrogen and oxygen atoms in total. The molecule has 0 aliphatic carbocycles. The van der Waals surface area contributed by atoms with E-state index < -0.39 is 31.9 Å². The Morgan fingerprint density at radius 1 is 0.404 bits per heavy atom. The van der Waals surface area contributed by atoms with Crippen LogP contribution >= 0.6 is 15.2 Å². The van der Waals surface area contributed by atoms with Crippen LogP contribution in [0, 0.1) is 5.41 Å². The van der Waals surface area contributed by atoms with Crippen LogP contribution in [0.4, 0.5) is 0 Å². The van der Waals surface area contributed by atoms with Crippen molar-refractivity contribution in [3.8, 4) is 0 Å². The fraction of sp³-hybridized carbons (Fsp3) is 0.179. The minimum atomic E-state index is -3.74. The first kappa shape index (κ1) is 30.5. The standard InChI is InChI=1S/C39H34O6P2/c40-46(37(31-13-3-1-4-14-31)32-15-5-2-6-16-32)42-25-39(26-43-46)27-44-47(41,45-28-39)38(35-21-19-29-11-7-9-17-33(29)23-35)36-22-20-30-12-8-10-18-34(30)24-36/h1-24,37-38H,25-28H2. The lowest BCUT2D eigenvalue weighted by Crippen LogP contribution is -2.46. The fourth-order valence-electron chi connectivity index (χ4n) is 6.67. The first-order valence-electron chi connectivity index (χ1n) is 15.8. The summed E-state index contributed by atoms with van der Waals surface area (Å²) >= 11 is 0. The molecule has 6 aromatic rings. The first-order chi connectivity index (χ1) is 22.9. The summed E-state index contributed by atoms with van der Waals surface area (Å²) in [5.41, 5.74) is 1.44. The van der Waals surface area contributed by atoms with Gasteiger partial charge in [0.2, 0.25) is 0 Å². The highest BCUT2D eigenvalue weighted by Crippen LogP contribution is 2.70. The Morgan fingerprint density at radius 2 is 0.745 bits per heavy atom. The second-order valence-electron chi connectivity index (χ2n) is 12.5. The van der Waals surface area contributed by atoms with Gasteiger partial charge < -0.3 is 18.1 Å². The maximum Gasteiger partial charge on any atom is 0.342 e. The molecule has 0 unspecified atom stereocenters. The molecule has 8 rings (SSSR count). The summed E-state index contributed by atoms with van der Waals surface area (Å²) < 4.78 is 54.3. The molecule has 0 bridgehead atoms. The van der Waals surface area contributed by atoms with E-state index in [-0.39, 0.29) is 26.4 Å². The molecule has 0 saturated carbocycles. The van der Waals surface area contributed by atoms with Gasteiger partial charge >= 0.3 is 15.2 Å². The molecule has 6 aromatic carbocycles. The Labute approximate surface area is 274 Å². The second kappa shape index (κ2) is 12.3. The third-order valence-electron chi connectivity index (χ3n) is 9.24. The van der Waals surface area contributed by atoms with Gasteiger partial charge in [0.15, 0.2) is 0 Å². The third kappa shape index (κ3) is 5.81. The maximum absolute atomic E-state index is 14.9. The molecule has 0 radical (unpaired) electrons. The molecule has 2 aliphatic rings. The lowest BCUT2D eigenvalue weighted by atomic mass is 9.93. The van der Waals surface area contributed by atoms with E-state index in [0.717, 1.165) is 43.8 Å². The monoisotopic (exact) mass is 660 g/mol. The van der Waals surface area contributed by atoms with Crippen molar-refractivity contribution >= 4 is 36.7 Å². The van der Waals surface area contributed by atoms with E-state index in [4.69, 9.17) is 18.1 Å². The molecule has 0 amide bonds. The topological polar surface area (TPSA) is 71.1 Å². The van der Waals surface area contributed by atoms with Crippen LogP contribution in [0.1, 0.15) is 33.6 Å². The normalized spacial score (nSPS) is 24.7. The first-order valence-corrected chi connectivity index (χ1v) is 19.0. The van der Waals surface area contributed by atoms with Gasteiger partial charge in [-0.25, -0.2) is 0 Å². The molecule has 0 atom stereocenters. The average Bonchev–Trinajstić information content (AvgIpc) is 3.12. The van der Waals surface area contributed by atoms with E-state index in [1.807, 2.05) is 109 Å². The Balaban J connectivity index is 1.08. The number of benzene rings is 6. The molecule has 236 valence electrons. The zero-order valence-electron chi connectivity index (χ0n) is 25.7. The number of fused-ring (bicyclic) bond motifs is 2. The number of hydrogen-bond donors (Lipinski definition) is 0. The van der Waals surface area contributed by atoms with Crippen LogP contribution in [0.5, 0.6) is 0 Å². The zero-order chi connectivity index (χ0) is 31.9. The van der Waals surface area contributed by atoms with Gasteiger partial charge in [-0.1, -0.05) is 133 Å². The lowest BCUT2D eigenvalue weighted by Gasteiger charge is -2.45. The minimum Gasteiger partial charge on any atom is -0.307 e. The van der Waals surface area contributed by atoms with Crippen LogP contribution in [0.25, 0.3) is 21.5 Å². The van der Waals surface area contributed by atoms with Crippen LogP contribution < -0.4 is 0 Å². The Hall–Kier alpha value is -3.86. The van der Waals surface area contributed by atoms with Crippen molar-refractivity contribution < 1.29 is 27.2 Å². The van der Waals surface area contributed by atoms with Crippen molar-refractivity contribution in [3.05, 3.63) is 168 Å². The second-order valence-corrected chi connectivity index (χ2v) is 16.7. The van der Waals surface area contributed by atoms with Crippen molar-refractivity contribution in [2.45, 2.75) is 11.3 Å². The smallest absolute Gasteiger partial charge is 0.307 e. The van der Waals surface area contributed by atoms with Crippen molar-refractivity contribution in [2.24, 2.45) is 5.41 Å². The summed E-state index contributed by atoms with van der Waals surface area (Å²) in [5, 5.41) is 4.29. The van der Waals surface area contributed by atoms with Crippen LogP contribution in [0.2, 0.25) is 0 Å². The van der Waals surface area contributed by atoms with E-state index in [1.165, 1.54) is 0 Å². The van der Waals surface area contributed by atoms with Gasteiger partial charge in [-0.05, 0) is 55.9 Å². The van der Waals surface area contributed by atoms with E-state index in [0.29, 0.717) is 0 Å². The molecule has 0 aromatic heterocycles. The van der Waals surface area contributed by atoms with Crippen molar-refractivity contribution in [3.63, 3.8) is 0 Å². The number of hydrogen-bond acceptors (Lipinski definition) is 6. The Morgan fingerprint density at radius 3 is 1.15 bits per heavy atom. The predicted molar refractivity (Wildman–Crippen MR) is 186 cm³/mol. The molecule has 2 heterocycles. The van der Waals surface area contributed by atoms with Gasteiger partial charge in [0.05, 0.1) is 31.8 Å². The minimum absolute atomic E-state index is 0.0866. The number of rotatable bonds is 6. The predicted octanol–water partition coefficient (Wildman–Crippen LogP) is 10.3. The molecular formula is C39H34O6P2. The van der Waals surface area contributed by atoms with E-state index in [9.17, 15) is 9.13 Å². The highest BCUT2D eigenvalue weighted by Gasteiger charge is 2.53. The summed E-state index contributed by atoms with van der Waals surface area (Å²) in [6.45, 7) is 0.362. The lowest BCUT2D eigenvalue weighted by molar-refractivity contribution is -0.0703. The average molecular weight is 661 g/mol. The largest absolute Gasteiger partial charge is 0.342 e. The molecule has 2 saturated heterocycles. The van der Waals surface area contributed by atoms with Gasteiger partial charge in [-0.15, -0.1) is 0 Å². The molecule has 8 heteroatoms. The van der Waals surface area contributed by atoms with Crippen molar-refractivity contribution in [1.82, 2.24) is 0 Å². The quantitative estimate of drug-likeness (QED) is 0.166. The summed E-state index contributed by atoms with van der Waals surface area (Å²) in [7, 11) is -7.38. The van der Waals surface area contributed by atoms with E-state index in [1.54, 1.807) is 0 Å². The van der Waals surface area contributed by atoms with Crippen LogP contribution in [-0.2, 0) is 27.2 Å². The van der Waals surface area contributed by atoms with E-state index in [2.05, 4.69) is 36.4 Å². The van der Waals surface area contributed by atoms with Crippen LogP contribution in [0.3, 0.4) is 0 Å². The van der Waals surface area contributed by atoms with Gasteiger partial charge in [-0.3, -0.25) is 9.13 Å². The van der Waals surface area contributed by atoms with Crippen molar-refractivity contribution in [1.29, 1.82) is 0 Å². The molecule has 1 spiro atoms. The fourth-order valence-corrected chi connectivity index (χ4v) is 11.4. The molecule has 47 heavy (non-hydrogen) atoms. The third-order valence-corrected chi connectivity index (χ3v) is 13.7. The SMILES string of the molecule is O=P1(C(c2ccccc2)c2ccccc2)OCC2(CO1)COP(=O)(C(c1ccc3ccccc3c1)c1ccc3ccccc3c1)OC2. The van der Waals surface area contributed by atoms with E-state index >= 15 is 0 Å². The Bertz CT molecular complexity index is 2010. The highest BCUT2D eigenvalue weighted by molar-refractivity contribution is 7.55. The molecule has 0 N–H and O–H groups in total. The summed E-state index contributed by atoms with van der Waals surface area (Å²) in [4.78, 5) is 0. The van der Waals surface area contributed by atoms with Crippen LogP contribution in [-0.4, -0.2) is 26.4 Å². The molecule has 2 fully saturated rings. The van der Waals surface area contributed by atoms with Gasteiger partial charge in [0.1, 0.15) is 11.3 Å². The maximum atomic E-state index is 14.9. The van der Waals surface area contributed by atoms with Gasteiger partial charge in [0.25, 0.3) is 0 Å². The molecule has 2 aliphatic heterocycles. The van der Waals surface area contributed by atoms with Crippen LogP contribution in [0.15, 0.2) is 146 Å². The van der Waals surface area contributed by atoms with Gasteiger partial charge in [-0.2, -0.15) is 0 Å². The summed E-state index contributed by atoms with van der Waals surface area (Å²) in [5.74, 6) is 0. The zero-order valence-corrected chi connectivity index (χ0v) is 27.5. The molecular weight excluding hydrogens is 626 g/mol. The Kier molecular flexibility index (Phi) is 7.98. The highest BCUT2D eigenvalue weighted by atomic mass is 31.2. The summed E-state index contributed by atoms with van der Waals surface area (Å²) in [6.07, 6.45) is 0. The van der Waals surface area contributed by atoms with Crippen molar-refractivity contribution in [2.75, 3.05) is 26.4 Å².